The third-order valence-corrected chi connectivity index (χ3v) is 6.81. The first kappa shape index (κ1) is 16.2. The van der Waals surface area contributed by atoms with Crippen LogP contribution in [0.25, 0.3) is 5.65 Å². The molecule has 0 atom stereocenters. The molecule has 28 heavy (non-hydrogen) atoms. The molecular weight excluding hydrogens is 354 g/mol. The fourth-order valence-electron chi connectivity index (χ4n) is 5.07. The predicted molar refractivity (Wildman–Crippen MR) is 104 cm³/mol. The van der Waals surface area contributed by atoms with Gasteiger partial charge in [-0.1, -0.05) is 0 Å². The number of rotatable bonds is 2. The summed E-state index contributed by atoms with van der Waals surface area (Å²) in [7, 11) is 0. The summed E-state index contributed by atoms with van der Waals surface area (Å²) >= 11 is 0. The van der Waals surface area contributed by atoms with Crippen molar-refractivity contribution in [2.24, 2.45) is 0 Å². The number of nitrogens with one attached hydrogen (secondary N) is 1. The quantitative estimate of drug-likeness (QED) is 0.733. The smallest absolute Gasteiger partial charge is 0.254 e. The number of aryl methyl sites for hydroxylation is 1. The van der Waals surface area contributed by atoms with Crippen LogP contribution in [0, 0.1) is 6.92 Å². The van der Waals surface area contributed by atoms with Crippen LogP contribution < -0.4 is 10.5 Å². The van der Waals surface area contributed by atoms with E-state index in [1.807, 2.05) is 11.4 Å². The molecule has 6 rings (SSSR count). The average Bonchev–Trinajstić information content (AvgIpc) is 3.34. The van der Waals surface area contributed by atoms with E-state index < -0.39 is 0 Å². The summed E-state index contributed by atoms with van der Waals surface area (Å²) in [6.07, 6.45) is 8.03. The molecule has 2 aliphatic carbocycles. The molecule has 1 aliphatic heterocycles. The highest BCUT2D eigenvalue weighted by Gasteiger charge is 2.44. The molecule has 3 aromatic heterocycles. The number of hydrogen-bond donors (Lipinski definition) is 1. The van der Waals surface area contributed by atoms with Crippen LogP contribution in [0.15, 0.2) is 17.2 Å². The first-order chi connectivity index (χ1) is 13.6. The van der Waals surface area contributed by atoms with E-state index in [4.69, 9.17) is 4.98 Å². The van der Waals surface area contributed by atoms with Gasteiger partial charge in [-0.25, -0.2) is 4.98 Å². The maximum atomic E-state index is 12.3. The molecule has 0 amide bonds. The van der Waals surface area contributed by atoms with Crippen molar-refractivity contribution in [1.29, 1.82) is 0 Å². The molecule has 0 radical (unpaired) electrons. The van der Waals surface area contributed by atoms with E-state index in [0.29, 0.717) is 5.92 Å². The van der Waals surface area contributed by atoms with Crippen LogP contribution in [0.4, 0.5) is 5.69 Å². The summed E-state index contributed by atoms with van der Waals surface area (Å²) in [6, 6.07) is 2.22. The molecule has 2 fully saturated rings. The van der Waals surface area contributed by atoms with Crippen molar-refractivity contribution in [2.75, 3.05) is 18.0 Å². The van der Waals surface area contributed by atoms with Crippen molar-refractivity contribution in [3.05, 3.63) is 45.5 Å². The van der Waals surface area contributed by atoms with E-state index in [0.717, 1.165) is 72.9 Å². The van der Waals surface area contributed by atoms with Gasteiger partial charge in [-0.15, -0.1) is 10.2 Å². The van der Waals surface area contributed by atoms with Crippen LogP contribution in [0.3, 0.4) is 0 Å². The minimum atomic E-state index is 0.0428. The zero-order chi connectivity index (χ0) is 18.9. The molecule has 1 saturated carbocycles. The number of aromatic amines is 1. The van der Waals surface area contributed by atoms with E-state index >= 15 is 0 Å². The van der Waals surface area contributed by atoms with Gasteiger partial charge in [0.05, 0.1) is 17.1 Å². The van der Waals surface area contributed by atoms with Gasteiger partial charge < -0.3 is 9.88 Å². The Balaban J connectivity index is 1.34. The normalized spacial score (nSPS) is 20.8. The van der Waals surface area contributed by atoms with Gasteiger partial charge in [0.25, 0.3) is 5.56 Å². The molecule has 3 aliphatic rings. The zero-order valence-electron chi connectivity index (χ0n) is 16.0. The largest absolute Gasteiger partial charge is 0.368 e. The molecule has 0 aromatic carbocycles. The van der Waals surface area contributed by atoms with E-state index in [-0.39, 0.29) is 11.0 Å². The summed E-state index contributed by atoms with van der Waals surface area (Å²) in [6.45, 7) is 3.74. The van der Waals surface area contributed by atoms with Crippen LogP contribution in [0.5, 0.6) is 0 Å². The monoisotopic (exact) mass is 377 g/mol. The minimum Gasteiger partial charge on any atom is -0.368 e. The van der Waals surface area contributed by atoms with Crippen molar-refractivity contribution in [2.45, 2.75) is 56.8 Å². The Hall–Kier alpha value is -2.77. The SMILES string of the molecule is Cc1nc2c(c(=O)[nH]1)CCC21CCN(c2cc(C3CC3)nn3cnnc23)CC1. The van der Waals surface area contributed by atoms with Gasteiger partial charge >= 0.3 is 0 Å². The Bertz CT molecular complexity index is 1140. The Labute approximate surface area is 162 Å². The maximum absolute atomic E-state index is 12.3. The van der Waals surface area contributed by atoms with Crippen molar-refractivity contribution in [3.8, 4) is 0 Å². The van der Waals surface area contributed by atoms with Crippen LogP contribution >= 0.6 is 0 Å². The lowest BCUT2D eigenvalue weighted by Gasteiger charge is -2.40. The lowest BCUT2D eigenvalue weighted by atomic mass is 9.76. The lowest BCUT2D eigenvalue weighted by molar-refractivity contribution is 0.322. The standard InChI is InChI=1S/C20H23N7O/c1-12-22-17-14(19(28)23-12)4-5-20(17)6-8-26(9-7-20)16-10-15(13-2-3-13)25-27-11-21-24-18(16)27/h10-11,13H,2-9H2,1H3,(H,22,23,28). The molecule has 1 saturated heterocycles. The van der Waals surface area contributed by atoms with Gasteiger partial charge in [-0.05, 0) is 51.5 Å². The number of piperidine rings is 1. The zero-order valence-corrected chi connectivity index (χ0v) is 16.0. The fourth-order valence-corrected chi connectivity index (χ4v) is 5.07. The molecule has 1 N–H and O–H groups in total. The third kappa shape index (κ3) is 2.33. The molecule has 3 aromatic rings. The highest BCUT2D eigenvalue weighted by atomic mass is 16.1. The minimum absolute atomic E-state index is 0.0428. The Morgan fingerprint density at radius 1 is 1.21 bits per heavy atom. The summed E-state index contributed by atoms with van der Waals surface area (Å²) in [4.78, 5) is 22.4. The van der Waals surface area contributed by atoms with Crippen molar-refractivity contribution >= 4 is 11.3 Å². The van der Waals surface area contributed by atoms with Gasteiger partial charge in [0.15, 0.2) is 0 Å². The Morgan fingerprint density at radius 2 is 2.04 bits per heavy atom. The second kappa shape index (κ2) is 5.62. The van der Waals surface area contributed by atoms with Gasteiger partial charge in [0.2, 0.25) is 5.65 Å². The molecule has 0 bridgehead atoms. The second-order valence-electron chi connectivity index (χ2n) is 8.57. The molecule has 8 heteroatoms. The number of anilines is 1. The number of fused-ring (bicyclic) bond motifs is 3. The summed E-state index contributed by atoms with van der Waals surface area (Å²) < 4.78 is 1.82. The van der Waals surface area contributed by atoms with Crippen molar-refractivity contribution in [1.82, 2.24) is 29.8 Å². The second-order valence-corrected chi connectivity index (χ2v) is 8.57. The van der Waals surface area contributed by atoms with Crippen LogP contribution in [0.2, 0.25) is 0 Å². The molecule has 4 heterocycles. The number of nitrogens with zero attached hydrogens (tertiary/aromatic N) is 6. The highest BCUT2D eigenvalue weighted by Crippen LogP contribution is 2.46. The molecule has 1 spiro atoms. The highest BCUT2D eigenvalue weighted by molar-refractivity contribution is 5.69. The van der Waals surface area contributed by atoms with Gasteiger partial charge in [-0.3, -0.25) is 4.79 Å². The van der Waals surface area contributed by atoms with Crippen molar-refractivity contribution in [3.63, 3.8) is 0 Å². The molecular formula is C20H23N7O. The topological polar surface area (TPSA) is 92.1 Å². The lowest BCUT2D eigenvalue weighted by Crippen LogP contribution is -2.42. The fraction of sp³-hybridized carbons (Fsp3) is 0.550. The average molecular weight is 377 g/mol. The van der Waals surface area contributed by atoms with Gasteiger partial charge in [-0.2, -0.15) is 9.61 Å². The van der Waals surface area contributed by atoms with Crippen LogP contribution in [-0.4, -0.2) is 42.9 Å². The van der Waals surface area contributed by atoms with E-state index in [9.17, 15) is 4.79 Å². The van der Waals surface area contributed by atoms with Crippen molar-refractivity contribution < 1.29 is 0 Å². The van der Waals surface area contributed by atoms with E-state index in [1.54, 1.807) is 6.33 Å². The predicted octanol–water partition coefficient (Wildman–Crippen LogP) is 1.88. The maximum Gasteiger partial charge on any atom is 0.254 e. The third-order valence-electron chi connectivity index (χ3n) is 6.81. The van der Waals surface area contributed by atoms with Crippen LogP contribution in [-0.2, 0) is 11.8 Å². The van der Waals surface area contributed by atoms with Gasteiger partial charge in [0, 0.05) is 30.0 Å². The first-order valence-electron chi connectivity index (χ1n) is 10.2. The molecule has 0 unspecified atom stereocenters. The summed E-state index contributed by atoms with van der Waals surface area (Å²) in [5, 5.41) is 13.1. The number of aromatic nitrogens is 6. The molecule has 8 nitrogen and oxygen atoms in total. The number of H-pyrrole nitrogens is 1. The molecule has 144 valence electrons. The summed E-state index contributed by atoms with van der Waals surface area (Å²) in [5.41, 5.74) is 5.16. The van der Waals surface area contributed by atoms with E-state index in [2.05, 4.69) is 31.2 Å². The number of hydrogen-bond acceptors (Lipinski definition) is 6. The summed E-state index contributed by atoms with van der Waals surface area (Å²) in [5.74, 6) is 1.31. The Morgan fingerprint density at radius 3 is 2.82 bits per heavy atom. The first-order valence-corrected chi connectivity index (χ1v) is 10.2. The Kier molecular flexibility index (Phi) is 3.25. The van der Waals surface area contributed by atoms with Crippen LogP contribution in [0.1, 0.15) is 60.8 Å². The van der Waals surface area contributed by atoms with Gasteiger partial charge in [0.1, 0.15) is 12.2 Å². The van der Waals surface area contributed by atoms with E-state index in [1.165, 1.54) is 12.8 Å².